The van der Waals surface area contributed by atoms with Crippen molar-refractivity contribution in [3.05, 3.63) is 0 Å². The van der Waals surface area contributed by atoms with Crippen LogP contribution in [0.5, 0.6) is 0 Å². The van der Waals surface area contributed by atoms with Crippen molar-refractivity contribution in [1.82, 2.24) is 5.32 Å². The fourth-order valence-electron chi connectivity index (χ4n) is 1.38. The highest BCUT2D eigenvalue weighted by Crippen LogP contribution is 1.99. The van der Waals surface area contributed by atoms with Gasteiger partial charge in [-0.3, -0.25) is 0 Å². The van der Waals surface area contributed by atoms with E-state index in [9.17, 15) is 0 Å². The Morgan fingerprint density at radius 1 is 1.00 bits per heavy atom. The van der Waals surface area contributed by atoms with Gasteiger partial charge in [0.1, 0.15) is 0 Å². The lowest BCUT2D eigenvalue weighted by molar-refractivity contribution is -0.119. The first-order valence-corrected chi connectivity index (χ1v) is 5.98. The van der Waals surface area contributed by atoms with Crippen molar-refractivity contribution in [3.8, 4) is 0 Å². The number of methoxy groups -OCH3 is 2. The number of hydrogen-bond donors (Lipinski definition) is 1. The average Bonchev–Trinajstić information content (AvgIpc) is 2.24. The normalized spacial score (nSPS) is 13.7. The van der Waals surface area contributed by atoms with E-state index in [-0.39, 0.29) is 12.3 Å². The van der Waals surface area contributed by atoms with E-state index >= 15 is 0 Å². The summed E-state index contributed by atoms with van der Waals surface area (Å²) >= 11 is 0. The fourth-order valence-corrected chi connectivity index (χ4v) is 1.38. The molecule has 1 N–H and O–H groups in total. The summed E-state index contributed by atoms with van der Waals surface area (Å²) in [5, 5.41) is 3.30. The lowest BCUT2D eigenvalue weighted by Gasteiger charge is -2.22. The minimum absolute atomic E-state index is 0.170. The molecule has 0 fully saturated rings. The molecule has 0 aliphatic rings. The maximum atomic E-state index is 5.50. The second-order valence-corrected chi connectivity index (χ2v) is 4.38. The summed E-state index contributed by atoms with van der Waals surface area (Å²) in [7, 11) is 3.29. The lowest BCUT2D eigenvalue weighted by Crippen LogP contribution is -2.41. The van der Waals surface area contributed by atoms with Crippen molar-refractivity contribution in [2.75, 3.05) is 34.0 Å². The van der Waals surface area contributed by atoms with Crippen LogP contribution in [0.3, 0.4) is 0 Å². The van der Waals surface area contributed by atoms with Crippen molar-refractivity contribution in [2.24, 2.45) is 5.92 Å². The molecule has 0 saturated heterocycles. The number of rotatable bonds is 10. The molecule has 0 aromatic rings. The van der Waals surface area contributed by atoms with Gasteiger partial charge in [-0.05, 0) is 19.3 Å². The van der Waals surface area contributed by atoms with E-state index in [1.807, 2.05) is 6.92 Å². The van der Waals surface area contributed by atoms with Gasteiger partial charge in [0.05, 0.1) is 12.6 Å². The molecule has 0 rings (SSSR count). The topological polar surface area (TPSA) is 39.7 Å². The summed E-state index contributed by atoms with van der Waals surface area (Å²) < 4.78 is 15.8. The monoisotopic (exact) mass is 233 g/mol. The Balaban J connectivity index is 3.36. The molecule has 1 unspecified atom stereocenters. The van der Waals surface area contributed by atoms with Crippen LogP contribution in [0.4, 0.5) is 0 Å². The van der Waals surface area contributed by atoms with Gasteiger partial charge in [-0.25, -0.2) is 0 Å². The largest absolute Gasteiger partial charge is 0.380 e. The van der Waals surface area contributed by atoms with Gasteiger partial charge in [0.15, 0.2) is 6.29 Å². The van der Waals surface area contributed by atoms with Crippen LogP contribution < -0.4 is 5.32 Å². The fraction of sp³-hybridized carbons (Fsp3) is 1.00. The molecule has 0 aromatic heterocycles. The first-order valence-electron chi connectivity index (χ1n) is 5.98. The van der Waals surface area contributed by atoms with E-state index in [4.69, 9.17) is 14.2 Å². The van der Waals surface area contributed by atoms with Gasteiger partial charge in [-0.1, -0.05) is 13.8 Å². The quantitative estimate of drug-likeness (QED) is 0.460. The predicted molar refractivity (Wildman–Crippen MR) is 65.5 cm³/mol. The van der Waals surface area contributed by atoms with Gasteiger partial charge in [-0.2, -0.15) is 0 Å². The Morgan fingerprint density at radius 3 is 2.12 bits per heavy atom. The molecule has 16 heavy (non-hydrogen) atoms. The highest BCUT2D eigenvalue weighted by atomic mass is 16.7. The molecule has 0 aromatic carbocycles. The van der Waals surface area contributed by atoms with Crippen LogP contribution in [-0.2, 0) is 14.2 Å². The molecule has 0 bridgehead atoms. The molecule has 0 radical (unpaired) electrons. The zero-order valence-corrected chi connectivity index (χ0v) is 11.3. The van der Waals surface area contributed by atoms with E-state index in [2.05, 4.69) is 19.2 Å². The van der Waals surface area contributed by atoms with Crippen molar-refractivity contribution >= 4 is 0 Å². The van der Waals surface area contributed by atoms with Crippen LogP contribution in [0, 0.1) is 5.92 Å². The van der Waals surface area contributed by atoms with Crippen LogP contribution in [-0.4, -0.2) is 46.3 Å². The Labute approximate surface area is 99.6 Å². The third-order valence-electron chi connectivity index (χ3n) is 2.43. The minimum Gasteiger partial charge on any atom is -0.380 e. The van der Waals surface area contributed by atoms with E-state index < -0.39 is 0 Å². The zero-order chi connectivity index (χ0) is 12.4. The third-order valence-corrected chi connectivity index (χ3v) is 2.43. The number of hydrogen-bond acceptors (Lipinski definition) is 4. The van der Waals surface area contributed by atoms with Gasteiger partial charge in [-0.15, -0.1) is 0 Å². The van der Waals surface area contributed by atoms with Crippen LogP contribution >= 0.6 is 0 Å². The summed E-state index contributed by atoms with van der Waals surface area (Å²) in [5.41, 5.74) is 0. The highest BCUT2D eigenvalue weighted by molar-refractivity contribution is 4.63. The third kappa shape index (κ3) is 8.05. The summed E-state index contributed by atoms with van der Waals surface area (Å²) in [6.45, 7) is 8.83. The molecule has 0 aliphatic carbocycles. The van der Waals surface area contributed by atoms with E-state index in [1.54, 1.807) is 14.2 Å². The van der Waals surface area contributed by atoms with Gasteiger partial charge in [0.2, 0.25) is 0 Å². The zero-order valence-electron chi connectivity index (χ0n) is 11.3. The smallest absolute Gasteiger partial charge is 0.171 e. The Hall–Kier alpha value is -0.160. The van der Waals surface area contributed by atoms with Gasteiger partial charge >= 0.3 is 0 Å². The van der Waals surface area contributed by atoms with Gasteiger partial charge < -0.3 is 19.5 Å². The summed E-state index contributed by atoms with van der Waals surface area (Å²) in [6, 6.07) is 0.170. The first kappa shape index (κ1) is 15.8. The maximum Gasteiger partial charge on any atom is 0.171 e. The van der Waals surface area contributed by atoms with Gasteiger partial charge in [0.25, 0.3) is 0 Å². The molecule has 4 nitrogen and oxygen atoms in total. The molecule has 0 heterocycles. The minimum atomic E-state index is -0.198. The maximum absolute atomic E-state index is 5.50. The van der Waals surface area contributed by atoms with Crippen molar-refractivity contribution in [3.63, 3.8) is 0 Å². The summed E-state index contributed by atoms with van der Waals surface area (Å²) in [5.74, 6) is 0.707. The lowest BCUT2D eigenvalue weighted by atomic mass is 10.1. The molecule has 0 amide bonds. The van der Waals surface area contributed by atoms with E-state index in [0.717, 1.165) is 26.2 Å². The Morgan fingerprint density at radius 2 is 1.62 bits per heavy atom. The second-order valence-electron chi connectivity index (χ2n) is 4.38. The molecule has 4 heteroatoms. The SMILES string of the molecule is COC(OC)C(C)NCCOCCC(C)C. The molecule has 0 spiro atoms. The second kappa shape index (κ2) is 10.0. The molecular weight excluding hydrogens is 206 g/mol. The van der Waals surface area contributed by atoms with Crippen LogP contribution in [0.2, 0.25) is 0 Å². The Kier molecular flexibility index (Phi) is 9.92. The van der Waals surface area contributed by atoms with Crippen molar-refractivity contribution in [2.45, 2.75) is 39.5 Å². The number of nitrogens with one attached hydrogen (secondary N) is 1. The highest BCUT2D eigenvalue weighted by Gasteiger charge is 2.14. The van der Waals surface area contributed by atoms with Crippen molar-refractivity contribution in [1.29, 1.82) is 0 Å². The van der Waals surface area contributed by atoms with Crippen molar-refractivity contribution < 1.29 is 14.2 Å². The Bertz CT molecular complexity index is 149. The molecular formula is C12H27NO3. The summed E-state index contributed by atoms with van der Waals surface area (Å²) in [6.07, 6.45) is 0.921. The number of ether oxygens (including phenoxy) is 3. The van der Waals surface area contributed by atoms with Gasteiger partial charge in [0, 0.05) is 27.4 Å². The average molecular weight is 233 g/mol. The molecule has 0 saturated carbocycles. The van der Waals surface area contributed by atoms with E-state index in [0.29, 0.717) is 5.92 Å². The predicted octanol–water partition coefficient (Wildman–Crippen LogP) is 1.65. The first-order chi connectivity index (χ1) is 7.61. The standard InChI is InChI=1S/C12H27NO3/c1-10(2)6-8-16-9-7-13-11(3)12(14-4)15-5/h10-13H,6-9H2,1-5H3. The van der Waals surface area contributed by atoms with Crippen LogP contribution in [0.25, 0.3) is 0 Å². The van der Waals surface area contributed by atoms with E-state index in [1.165, 1.54) is 0 Å². The molecule has 1 atom stereocenters. The van der Waals surface area contributed by atoms with Crippen LogP contribution in [0.1, 0.15) is 27.2 Å². The molecule has 0 aliphatic heterocycles. The molecule has 98 valence electrons. The van der Waals surface area contributed by atoms with Crippen LogP contribution in [0.15, 0.2) is 0 Å². The summed E-state index contributed by atoms with van der Waals surface area (Å²) in [4.78, 5) is 0.